The van der Waals surface area contributed by atoms with Crippen LogP contribution in [0.5, 0.6) is 0 Å². The van der Waals surface area contributed by atoms with Crippen molar-refractivity contribution in [1.29, 1.82) is 0 Å². The van der Waals surface area contributed by atoms with E-state index in [-0.39, 0.29) is 6.04 Å². The number of hydrogen-bond donors (Lipinski definition) is 1. The van der Waals surface area contributed by atoms with E-state index in [9.17, 15) is 0 Å². The molecule has 2 rings (SSSR count). The van der Waals surface area contributed by atoms with E-state index in [2.05, 4.69) is 36.3 Å². The first-order valence-corrected chi connectivity index (χ1v) is 7.53. The molecule has 0 spiro atoms. The van der Waals surface area contributed by atoms with E-state index < -0.39 is 0 Å². The quantitative estimate of drug-likeness (QED) is 0.862. The lowest BCUT2D eigenvalue weighted by molar-refractivity contribution is 0.545. The molecule has 1 aromatic carbocycles. The molecule has 1 N–H and O–H groups in total. The van der Waals surface area contributed by atoms with Crippen LogP contribution < -0.4 is 5.32 Å². The third kappa shape index (κ3) is 3.59. The number of benzene rings is 1. The molecular formula is C17H21ClN2. The summed E-state index contributed by atoms with van der Waals surface area (Å²) in [5.41, 5.74) is 3.80. The van der Waals surface area contributed by atoms with E-state index >= 15 is 0 Å². The molecular weight excluding hydrogens is 268 g/mol. The Bertz CT molecular complexity index is 554. The zero-order chi connectivity index (χ0) is 14.4. The lowest BCUT2D eigenvalue weighted by atomic mass is 9.95. The van der Waals surface area contributed by atoms with Crippen molar-refractivity contribution in [3.05, 3.63) is 64.4 Å². The van der Waals surface area contributed by atoms with Gasteiger partial charge in [0.2, 0.25) is 0 Å². The third-order valence-corrected chi connectivity index (χ3v) is 3.90. The number of pyridine rings is 1. The molecule has 1 atom stereocenters. The molecule has 2 nitrogen and oxygen atoms in total. The number of hydrogen-bond acceptors (Lipinski definition) is 2. The van der Waals surface area contributed by atoms with Gasteiger partial charge < -0.3 is 5.32 Å². The first-order chi connectivity index (χ1) is 9.76. The van der Waals surface area contributed by atoms with Crippen LogP contribution in [0, 0.1) is 0 Å². The van der Waals surface area contributed by atoms with E-state index in [1.807, 2.05) is 30.6 Å². The fourth-order valence-corrected chi connectivity index (χ4v) is 2.71. The van der Waals surface area contributed by atoms with Crippen LogP contribution in [0.1, 0.15) is 36.6 Å². The minimum atomic E-state index is 0.276. The van der Waals surface area contributed by atoms with Crippen molar-refractivity contribution in [2.75, 3.05) is 6.54 Å². The van der Waals surface area contributed by atoms with Gasteiger partial charge in [0.25, 0.3) is 0 Å². The third-order valence-electron chi connectivity index (χ3n) is 3.53. The normalized spacial score (nSPS) is 12.3. The molecule has 1 aromatic heterocycles. The highest BCUT2D eigenvalue weighted by molar-refractivity contribution is 6.31. The van der Waals surface area contributed by atoms with Gasteiger partial charge in [-0.25, -0.2) is 0 Å². The number of halogens is 1. The van der Waals surface area contributed by atoms with Gasteiger partial charge in [0.1, 0.15) is 0 Å². The maximum atomic E-state index is 6.29. The molecule has 3 heteroatoms. The summed E-state index contributed by atoms with van der Waals surface area (Å²) in [5, 5.41) is 4.40. The molecule has 20 heavy (non-hydrogen) atoms. The van der Waals surface area contributed by atoms with Crippen LogP contribution in [-0.2, 0) is 12.8 Å². The second kappa shape index (κ2) is 7.41. The lowest BCUT2D eigenvalue weighted by Crippen LogP contribution is -2.24. The van der Waals surface area contributed by atoms with Crippen LogP contribution in [0.2, 0.25) is 5.02 Å². The van der Waals surface area contributed by atoms with Crippen molar-refractivity contribution in [3.8, 4) is 0 Å². The highest BCUT2D eigenvalue weighted by atomic mass is 35.5. The first kappa shape index (κ1) is 15.0. The molecule has 0 bridgehead atoms. The lowest BCUT2D eigenvalue weighted by Gasteiger charge is -2.21. The SMILES string of the molecule is CCNC(Cc1ccccc1Cl)c1ccncc1CC. The number of likely N-dealkylation sites (N-methyl/N-ethyl adjacent to an activating group) is 1. The van der Waals surface area contributed by atoms with Gasteiger partial charge in [0.15, 0.2) is 0 Å². The Labute approximate surface area is 126 Å². The number of aromatic nitrogens is 1. The monoisotopic (exact) mass is 288 g/mol. The van der Waals surface area contributed by atoms with Crippen LogP contribution in [0.25, 0.3) is 0 Å². The summed E-state index contributed by atoms with van der Waals surface area (Å²) in [4.78, 5) is 4.23. The van der Waals surface area contributed by atoms with E-state index in [0.29, 0.717) is 0 Å². The highest BCUT2D eigenvalue weighted by Crippen LogP contribution is 2.25. The van der Waals surface area contributed by atoms with Gasteiger partial charge in [0.05, 0.1) is 0 Å². The predicted molar refractivity (Wildman–Crippen MR) is 85.2 cm³/mol. The number of aryl methyl sites for hydroxylation is 1. The van der Waals surface area contributed by atoms with Crippen molar-refractivity contribution >= 4 is 11.6 Å². The van der Waals surface area contributed by atoms with Crippen LogP contribution >= 0.6 is 11.6 Å². The van der Waals surface area contributed by atoms with Gasteiger partial charge >= 0.3 is 0 Å². The van der Waals surface area contributed by atoms with Crippen molar-refractivity contribution in [2.24, 2.45) is 0 Å². The maximum absolute atomic E-state index is 6.29. The van der Waals surface area contributed by atoms with Gasteiger partial charge in [-0.15, -0.1) is 0 Å². The standard InChI is InChI=1S/C17H21ClN2/c1-3-13-12-19-10-9-15(13)17(20-4-2)11-14-7-5-6-8-16(14)18/h5-10,12,17,20H,3-4,11H2,1-2H3. The Kier molecular flexibility index (Phi) is 5.57. The molecule has 0 aliphatic heterocycles. The summed E-state index contributed by atoms with van der Waals surface area (Å²) in [6, 6.07) is 10.4. The molecule has 0 fully saturated rings. The minimum Gasteiger partial charge on any atom is -0.310 e. The zero-order valence-corrected chi connectivity index (χ0v) is 12.8. The molecule has 0 saturated heterocycles. The topological polar surface area (TPSA) is 24.9 Å². The van der Waals surface area contributed by atoms with Crippen molar-refractivity contribution in [2.45, 2.75) is 32.7 Å². The summed E-state index contributed by atoms with van der Waals surface area (Å²) in [5.74, 6) is 0. The Hall–Kier alpha value is -1.38. The molecule has 2 aromatic rings. The molecule has 0 amide bonds. The van der Waals surface area contributed by atoms with Crippen molar-refractivity contribution in [3.63, 3.8) is 0 Å². The average molecular weight is 289 g/mol. The molecule has 0 aliphatic carbocycles. The fourth-order valence-electron chi connectivity index (χ4n) is 2.50. The zero-order valence-electron chi connectivity index (χ0n) is 12.1. The Morgan fingerprint density at radius 1 is 1.15 bits per heavy atom. The summed E-state index contributed by atoms with van der Waals surface area (Å²) in [6.45, 7) is 5.23. The van der Waals surface area contributed by atoms with Crippen LogP contribution in [0.4, 0.5) is 0 Å². The number of rotatable bonds is 6. The van der Waals surface area contributed by atoms with E-state index in [1.165, 1.54) is 16.7 Å². The second-order valence-corrected chi connectivity index (χ2v) is 5.24. The Balaban J connectivity index is 2.29. The average Bonchev–Trinajstić information content (AvgIpc) is 2.49. The van der Waals surface area contributed by atoms with E-state index in [0.717, 1.165) is 24.4 Å². The highest BCUT2D eigenvalue weighted by Gasteiger charge is 2.15. The molecule has 106 valence electrons. The molecule has 1 heterocycles. The van der Waals surface area contributed by atoms with E-state index in [4.69, 9.17) is 11.6 Å². The number of nitrogens with zero attached hydrogens (tertiary/aromatic N) is 1. The van der Waals surface area contributed by atoms with Crippen molar-refractivity contribution in [1.82, 2.24) is 10.3 Å². The summed E-state index contributed by atoms with van der Waals surface area (Å²) in [7, 11) is 0. The first-order valence-electron chi connectivity index (χ1n) is 7.15. The predicted octanol–water partition coefficient (Wildman–Crippen LogP) is 4.19. The molecule has 0 aliphatic rings. The van der Waals surface area contributed by atoms with Crippen LogP contribution in [0.3, 0.4) is 0 Å². The molecule has 0 saturated carbocycles. The molecule has 0 radical (unpaired) electrons. The largest absolute Gasteiger partial charge is 0.310 e. The summed E-state index contributed by atoms with van der Waals surface area (Å²) >= 11 is 6.29. The van der Waals surface area contributed by atoms with Crippen LogP contribution in [0.15, 0.2) is 42.7 Å². The van der Waals surface area contributed by atoms with Gasteiger partial charge in [-0.2, -0.15) is 0 Å². The Morgan fingerprint density at radius 2 is 1.95 bits per heavy atom. The van der Waals surface area contributed by atoms with Gasteiger partial charge in [-0.1, -0.05) is 43.6 Å². The smallest absolute Gasteiger partial charge is 0.0438 e. The summed E-state index contributed by atoms with van der Waals surface area (Å²) in [6.07, 6.45) is 5.72. The number of nitrogens with one attached hydrogen (secondary N) is 1. The molecule has 1 unspecified atom stereocenters. The maximum Gasteiger partial charge on any atom is 0.0438 e. The summed E-state index contributed by atoms with van der Waals surface area (Å²) < 4.78 is 0. The van der Waals surface area contributed by atoms with E-state index in [1.54, 1.807) is 0 Å². The Morgan fingerprint density at radius 3 is 2.65 bits per heavy atom. The van der Waals surface area contributed by atoms with Gasteiger partial charge in [-0.05, 0) is 48.2 Å². The van der Waals surface area contributed by atoms with Gasteiger partial charge in [0, 0.05) is 23.5 Å². The second-order valence-electron chi connectivity index (χ2n) is 4.83. The fraction of sp³-hybridized carbons (Fsp3) is 0.353. The van der Waals surface area contributed by atoms with Crippen LogP contribution in [-0.4, -0.2) is 11.5 Å². The van der Waals surface area contributed by atoms with Crippen molar-refractivity contribution < 1.29 is 0 Å². The van der Waals surface area contributed by atoms with Gasteiger partial charge in [-0.3, -0.25) is 4.98 Å². The minimum absolute atomic E-state index is 0.276.